The fourth-order valence-corrected chi connectivity index (χ4v) is 2.05. The minimum absolute atomic E-state index is 0.177. The third-order valence-electron chi connectivity index (χ3n) is 3.21. The minimum atomic E-state index is -0.415. The van der Waals surface area contributed by atoms with Crippen molar-refractivity contribution in [2.24, 2.45) is 5.92 Å². The second-order valence-electron chi connectivity index (χ2n) is 5.83. The summed E-state index contributed by atoms with van der Waals surface area (Å²) < 4.78 is 5.46. The highest BCUT2D eigenvalue weighted by atomic mass is 16.6. The molecule has 0 aliphatic carbocycles. The molecule has 4 nitrogen and oxygen atoms in total. The molecular formula is C13H26N2O2. The van der Waals surface area contributed by atoms with E-state index >= 15 is 0 Å². The molecule has 1 aliphatic rings. The number of hydrogen-bond donors (Lipinski definition) is 1. The molecule has 2 unspecified atom stereocenters. The zero-order valence-electron chi connectivity index (χ0n) is 11.7. The standard InChI is InChI=1S/C13H26N2O2/c1-6-10(2)11-9-14-7-8-15(11)12(16)17-13(3,4)5/h10-11,14H,6-9H2,1-5H3. The highest BCUT2D eigenvalue weighted by molar-refractivity contribution is 5.68. The molecule has 100 valence electrons. The Morgan fingerprint density at radius 1 is 1.53 bits per heavy atom. The quantitative estimate of drug-likeness (QED) is 0.807. The molecule has 17 heavy (non-hydrogen) atoms. The Morgan fingerprint density at radius 3 is 2.71 bits per heavy atom. The summed E-state index contributed by atoms with van der Waals surface area (Å²) in [6.07, 6.45) is 0.898. The second-order valence-corrected chi connectivity index (χ2v) is 5.83. The maximum absolute atomic E-state index is 12.1. The molecule has 0 saturated carbocycles. The lowest BCUT2D eigenvalue weighted by molar-refractivity contribution is 0.00525. The molecule has 0 aromatic rings. The van der Waals surface area contributed by atoms with Gasteiger partial charge < -0.3 is 15.0 Å². The van der Waals surface area contributed by atoms with Crippen LogP contribution in [0.3, 0.4) is 0 Å². The van der Waals surface area contributed by atoms with Crippen molar-refractivity contribution in [2.45, 2.75) is 52.7 Å². The lowest BCUT2D eigenvalue weighted by Crippen LogP contribution is -2.56. The number of ether oxygens (including phenoxy) is 1. The number of nitrogens with one attached hydrogen (secondary N) is 1. The molecule has 1 saturated heterocycles. The normalized spacial score (nSPS) is 23.4. The Morgan fingerprint density at radius 2 is 2.18 bits per heavy atom. The van der Waals surface area contributed by atoms with Gasteiger partial charge in [-0.1, -0.05) is 20.3 Å². The van der Waals surface area contributed by atoms with E-state index in [1.54, 1.807) is 0 Å². The molecule has 1 rings (SSSR count). The van der Waals surface area contributed by atoms with Crippen LogP contribution in [0.15, 0.2) is 0 Å². The lowest BCUT2D eigenvalue weighted by atomic mass is 9.96. The molecule has 4 heteroatoms. The van der Waals surface area contributed by atoms with Crippen LogP contribution in [0.4, 0.5) is 4.79 Å². The van der Waals surface area contributed by atoms with Crippen molar-refractivity contribution < 1.29 is 9.53 Å². The second kappa shape index (κ2) is 5.71. The van der Waals surface area contributed by atoms with E-state index < -0.39 is 5.60 Å². The Kier molecular flexibility index (Phi) is 4.80. The van der Waals surface area contributed by atoms with Gasteiger partial charge in [0.2, 0.25) is 0 Å². The van der Waals surface area contributed by atoms with E-state index in [1.807, 2.05) is 25.7 Å². The molecule has 1 heterocycles. The molecule has 0 aromatic carbocycles. The first-order valence-corrected chi connectivity index (χ1v) is 6.55. The van der Waals surface area contributed by atoms with Crippen LogP contribution in [0.2, 0.25) is 0 Å². The Balaban J connectivity index is 2.67. The summed E-state index contributed by atoms with van der Waals surface area (Å²) in [5, 5.41) is 3.35. The van der Waals surface area contributed by atoms with Gasteiger partial charge in [0, 0.05) is 19.6 Å². The van der Waals surface area contributed by atoms with Gasteiger partial charge in [0.1, 0.15) is 5.60 Å². The largest absolute Gasteiger partial charge is 0.444 e. The van der Waals surface area contributed by atoms with Gasteiger partial charge in [0.25, 0.3) is 0 Å². The van der Waals surface area contributed by atoms with Crippen LogP contribution in [0.25, 0.3) is 0 Å². The third kappa shape index (κ3) is 4.19. The van der Waals surface area contributed by atoms with Gasteiger partial charge in [-0.25, -0.2) is 4.79 Å². The van der Waals surface area contributed by atoms with Gasteiger partial charge in [0.05, 0.1) is 6.04 Å². The van der Waals surface area contributed by atoms with Crippen molar-refractivity contribution in [3.05, 3.63) is 0 Å². The maximum Gasteiger partial charge on any atom is 0.410 e. The summed E-state index contributed by atoms with van der Waals surface area (Å²) in [5.74, 6) is 0.496. The molecule has 0 radical (unpaired) electrons. The molecule has 1 fully saturated rings. The number of carbonyl (C=O) groups is 1. The van der Waals surface area contributed by atoms with E-state index in [9.17, 15) is 4.79 Å². The van der Waals surface area contributed by atoms with Crippen molar-refractivity contribution >= 4 is 6.09 Å². The summed E-state index contributed by atoms with van der Waals surface area (Å²) >= 11 is 0. The first-order valence-electron chi connectivity index (χ1n) is 6.55. The smallest absolute Gasteiger partial charge is 0.410 e. The van der Waals surface area contributed by atoms with Gasteiger partial charge in [-0.3, -0.25) is 0 Å². The number of hydrogen-bond acceptors (Lipinski definition) is 3. The van der Waals surface area contributed by atoms with Crippen LogP contribution in [0, 0.1) is 5.92 Å². The van der Waals surface area contributed by atoms with Crippen molar-refractivity contribution in [3.8, 4) is 0 Å². The van der Waals surface area contributed by atoms with E-state index in [1.165, 1.54) is 0 Å². The summed E-state index contributed by atoms with van der Waals surface area (Å²) in [6, 6.07) is 0.253. The van der Waals surface area contributed by atoms with E-state index in [0.717, 1.165) is 26.1 Å². The van der Waals surface area contributed by atoms with E-state index in [2.05, 4.69) is 19.2 Å². The lowest BCUT2D eigenvalue weighted by Gasteiger charge is -2.39. The molecule has 1 amide bonds. The van der Waals surface area contributed by atoms with Crippen LogP contribution in [-0.4, -0.2) is 42.3 Å². The van der Waals surface area contributed by atoms with E-state index in [4.69, 9.17) is 4.74 Å². The molecule has 0 spiro atoms. The molecule has 2 atom stereocenters. The van der Waals surface area contributed by atoms with Crippen molar-refractivity contribution in [2.75, 3.05) is 19.6 Å². The number of carbonyl (C=O) groups excluding carboxylic acids is 1. The average molecular weight is 242 g/mol. The van der Waals surface area contributed by atoms with Crippen LogP contribution in [0.1, 0.15) is 41.0 Å². The average Bonchev–Trinajstić information content (AvgIpc) is 2.25. The predicted molar refractivity (Wildman–Crippen MR) is 69.1 cm³/mol. The molecule has 0 bridgehead atoms. The SMILES string of the molecule is CCC(C)C1CNCCN1C(=O)OC(C)(C)C. The van der Waals surface area contributed by atoms with Crippen LogP contribution in [-0.2, 0) is 4.74 Å². The van der Waals surface area contributed by atoms with Crippen LogP contribution in [0.5, 0.6) is 0 Å². The van der Waals surface area contributed by atoms with Crippen LogP contribution >= 0.6 is 0 Å². The maximum atomic E-state index is 12.1. The molecule has 0 aromatic heterocycles. The van der Waals surface area contributed by atoms with E-state index in [-0.39, 0.29) is 12.1 Å². The number of nitrogens with zero attached hydrogens (tertiary/aromatic N) is 1. The zero-order chi connectivity index (χ0) is 13.1. The highest BCUT2D eigenvalue weighted by Crippen LogP contribution is 2.19. The molecule has 1 aliphatic heterocycles. The van der Waals surface area contributed by atoms with Gasteiger partial charge in [-0.15, -0.1) is 0 Å². The Bertz CT molecular complexity index is 261. The molecule has 1 N–H and O–H groups in total. The first kappa shape index (κ1) is 14.3. The Hall–Kier alpha value is -0.770. The van der Waals surface area contributed by atoms with Gasteiger partial charge in [-0.2, -0.15) is 0 Å². The third-order valence-corrected chi connectivity index (χ3v) is 3.21. The van der Waals surface area contributed by atoms with E-state index in [0.29, 0.717) is 5.92 Å². The minimum Gasteiger partial charge on any atom is -0.444 e. The zero-order valence-corrected chi connectivity index (χ0v) is 11.7. The number of piperazine rings is 1. The molecular weight excluding hydrogens is 216 g/mol. The number of amides is 1. The summed E-state index contributed by atoms with van der Waals surface area (Å²) in [7, 11) is 0. The summed E-state index contributed by atoms with van der Waals surface area (Å²) in [6.45, 7) is 12.5. The summed E-state index contributed by atoms with van der Waals surface area (Å²) in [5.41, 5.74) is -0.415. The number of rotatable bonds is 2. The van der Waals surface area contributed by atoms with Crippen molar-refractivity contribution in [3.63, 3.8) is 0 Å². The van der Waals surface area contributed by atoms with Gasteiger partial charge in [0.15, 0.2) is 0 Å². The van der Waals surface area contributed by atoms with Gasteiger partial charge >= 0.3 is 6.09 Å². The fraction of sp³-hybridized carbons (Fsp3) is 0.923. The van der Waals surface area contributed by atoms with Crippen molar-refractivity contribution in [1.82, 2.24) is 10.2 Å². The summed E-state index contributed by atoms with van der Waals surface area (Å²) in [4.78, 5) is 14.0. The topological polar surface area (TPSA) is 41.6 Å². The van der Waals surface area contributed by atoms with Gasteiger partial charge in [-0.05, 0) is 26.7 Å². The highest BCUT2D eigenvalue weighted by Gasteiger charge is 2.32. The monoisotopic (exact) mass is 242 g/mol. The Labute approximate surface area is 105 Å². The predicted octanol–water partition coefficient (Wildman–Crippen LogP) is 2.24. The fourth-order valence-electron chi connectivity index (χ4n) is 2.05. The first-order chi connectivity index (χ1) is 7.85. The van der Waals surface area contributed by atoms with Crippen LogP contribution < -0.4 is 5.32 Å². The van der Waals surface area contributed by atoms with Crippen molar-refractivity contribution in [1.29, 1.82) is 0 Å².